The van der Waals surface area contributed by atoms with Crippen molar-refractivity contribution in [1.29, 1.82) is 0 Å². The fourth-order valence-electron chi connectivity index (χ4n) is 3.58. The summed E-state index contributed by atoms with van der Waals surface area (Å²) in [7, 11) is 0. The van der Waals surface area contributed by atoms with Gasteiger partial charge in [0.15, 0.2) is 0 Å². The SMILES string of the molecule is CCOC(=O)c1c(NC(=O)CN2C(=O)NC(CC(C)C)C2=O)sc2c1CCC2. The summed E-state index contributed by atoms with van der Waals surface area (Å²) in [5.74, 6) is -1.12. The van der Waals surface area contributed by atoms with E-state index in [9.17, 15) is 19.2 Å². The molecule has 1 fully saturated rings. The van der Waals surface area contributed by atoms with Crippen molar-refractivity contribution < 1.29 is 23.9 Å². The Morgan fingerprint density at radius 3 is 2.75 bits per heavy atom. The Morgan fingerprint density at radius 2 is 2.07 bits per heavy atom. The Morgan fingerprint density at radius 1 is 1.32 bits per heavy atom. The molecule has 2 N–H and O–H groups in total. The number of carbonyl (C=O) groups is 4. The Labute approximate surface area is 167 Å². The van der Waals surface area contributed by atoms with Gasteiger partial charge < -0.3 is 15.4 Å². The minimum absolute atomic E-state index is 0.240. The molecule has 1 aromatic rings. The van der Waals surface area contributed by atoms with E-state index in [0.717, 1.165) is 34.6 Å². The van der Waals surface area contributed by atoms with Crippen molar-refractivity contribution in [3.8, 4) is 0 Å². The molecule has 9 heteroatoms. The molecule has 0 spiro atoms. The van der Waals surface area contributed by atoms with Gasteiger partial charge in [-0.3, -0.25) is 14.5 Å². The van der Waals surface area contributed by atoms with Gasteiger partial charge in [0.25, 0.3) is 5.91 Å². The first-order chi connectivity index (χ1) is 13.3. The van der Waals surface area contributed by atoms with Crippen LogP contribution < -0.4 is 10.6 Å². The van der Waals surface area contributed by atoms with Crippen LogP contribution in [0.5, 0.6) is 0 Å². The van der Waals surface area contributed by atoms with Gasteiger partial charge in [0, 0.05) is 4.88 Å². The summed E-state index contributed by atoms with van der Waals surface area (Å²) in [6, 6.07) is -1.16. The number of anilines is 1. The van der Waals surface area contributed by atoms with Crippen LogP contribution in [-0.4, -0.2) is 47.9 Å². The highest BCUT2D eigenvalue weighted by molar-refractivity contribution is 7.17. The van der Waals surface area contributed by atoms with E-state index in [1.54, 1.807) is 6.92 Å². The predicted molar refractivity (Wildman–Crippen MR) is 104 cm³/mol. The maximum atomic E-state index is 12.5. The minimum atomic E-state index is -0.596. The van der Waals surface area contributed by atoms with Gasteiger partial charge in [0.2, 0.25) is 5.91 Å². The zero-order chi connectivity index (χ0) is 20.4. The molecule has 8 nitrogen and oxygen atoms in total. The van der Waals surface area contributed by atoms with E-state index in [-0.39, 0.29) is 19.1 Å². The topological polar surface area (TPSA) is 105 Å². The number of rotatable bonds is 7. The molecule has 0 bridgehead atoms. The number of esters is 1. The van der Waals surface area contributed by atoms with Crippen molar-refractivity contribution in [1.82, 2.24) is 10.2 Å². The maximum Gasteiger partial charge on any atom is 0.341 e. The highest BCUT2D eigenvalue weighted by Gasteiger charge is 2.39. The van der Waals surface area contributed by atoms with Crippen LogP contribution in [0.2, 0.25) is 0 Å². The second kappa shape index (κ2) is 8.30. The van der Waals surface area contributed by atoms with Crippen LogP contribution in [0, 0.1) is 5.92 Å². The van der Waals surface area contributed by atoms with E-state index in [1.807, 2.05) is 13.8 Å². The van der Waals surface area contributed by atoms with Crippen molar-refractivity contribution in [3.05, 3.63) is 16.0 Å². The van der Waals surface area contributed by atoms with Crippen molar-refractivity contribution in [2.45, 2.75) is 52.5 Å². The van der Waals surface area contributed by atoms with Crippen LogP contribution in [0.4, 0.5) is 9.80 Å². The van der Waals surface area contributed by atoms with Gasteiger partial charge in [-0.1, -0.05) is 13.8 Å². The number of nitrogens with one attached hydrogen (secondary N) is 2. The summed E-state index contributed by atoms with van der Waals surface area (Å²) >= 11 is 1.36. The largest absolute Gasteiger partial charge is 0.462 e. The van der Waals surface area contributed by atoms with Crippen LogP contribution >= 0.6 is 11.3 Å². The molecule has 3 rings (SSSR count). The van der Waals surface area contributed by atoms with Crippen LogP contribution in [0.1, 0.15) is 54.4 Å². The van der Waals surface area contributed by atoms with Crippen molar-refractivity contribution in [2.24, 2.45) is 5.92 Å². The molecule has 1 aromatic heterocycles. The lowest BCUT2D eigenvalue weighted by Gasteiger charge is -2.14. The second-order valence-corrected chi connectivity index (χ2v) is 8.49. The van der Waals surface area contributed by atoms with Crippen molar-refractivity contribution in [2.75, 3.05) is 18.5 Å². The van der Waals surface area contributed by atoms with Gasteiger partial charge in [0.1, 0.15) is 17.6 Å². The highest BCUT2D eigenvalue weighted by Crippen LogP contribution is 2.39. The molecule has 1 unspecified atom stereocenters. The average molecular weight is 407 g/mol. The average Bonchev–Trinajstić information content (AvgIpc) is 3.24. The Bertz CT molecular complexity index is 817. The minimum Gasteiger partial charge on any atom is -0.462 e. The van der Waals surface area contributed by atoms with E-state index >= 15 is 0 Å². The molecule has 2 aliphatic rings. The number of hydrogen-bond donors (Lipinski definition) is 2. The molecule has 1 saturated heterocycles. The number of carbonyl (C=O) groups excluding carboxylic acids is 4. The van der Waals surface area contributed by atoms with E-state index in [0.29, 0.717) is 17.0 Å². The molecule has 152 valence electrons. The van der Waals surface area contributed by atoms with Crippen LogP contribution in [0.3, 0.4) is 0 Å². The van der Waals surface area contributed by atoms with Gasteiger partial charge in [-0.25, -0.2) is 9.59 Å². The first-order valence-corrected chi connectivity index (χ1v) is 10.4. The number of fused-ring (bicyclic) bond motifs is 1. The summed E-state index contributed by atoms with van der Waals surface area (Å²) in [5.41, 5.74) is 1.34. The van der Waals surface area contributed by atoms with Gasteiger partial charge in [-0.15, -0.1) is 11.3 Å². The van der Waals surface area contributed by atoms with Crippen LogP contribution in [-0.2, 0) is 27.2 Å². The maximum absolute atomic E-state index is 12.5. The number of urea groups is 1. The lowest BCUT2D eigenvalue weighted by atomic mass is 10.0. The molecule has 0 saturated carbocycles. The molecule has 2 heterocycles. The molecule has 4 amide bonds. The third-order valence-corrected chi connectivity index (χ3v) is 5.98. The van der Waals surface area contributed by atoms with E-state index < -0.39 is 29.9 Å². The fraction of sp³-hybridized carbons (Fsp3) is 0.579. The molecular weight excluding hydrogens is 382 g/mol. The van der Waals surface area contributed by atoms with Crippen LogP contribution in [0.15, 0.2) is 0 Å². The lowest BCUT2D eigenvalue weighted by Crippen LogP contribution is -2.38. The third kappa shape index (κ3) is 4.04. The summed E-state index contributed by atoms with van der Waals surface area (Å²) in [6.45, 7) is 5.51. The van der Waals surface area contributed by atoms with E-state index in [4.69, 9.17) is 4.74 Å². The highest BCUT2D eigenvalue weighted by atomic mass is 32.1. The Kier molecular flexibility index (Phi) is 6.02. The first-order valence-electron chi connectivity index (χ1n) is 9.55. The fourth-order valence-corrected chi connectivity index (χ4v) is 4.87. The normalized spacial score (nSPS) is 18.4. The Hall–Kier alpha value is -2.42. The van der Waals surface area contributed by atoms with Gasteiger partial charge in [-0.05, 0) is 44.1 Å². The number of hydrogen-bond acceptors (Lipinski definition) is 6. The zero-order valence-electron chi connectivity index (χ0n) is 16.3. The lowest BCUT2D eigenvalue weighted by molar-refractivity contribution is -0.131. The number of thiophene rings is 1. The summed E-state index contributed by atoms with van der Waals surface area (Å²) < 4.78 is 5.14. The smallest absolute Gasteiger partial charge is 0.341 e. The summed E-state index contributed by atoms with van der Waals surface area (Å²) in [6.07, 6.45) is 3.14. The standard InChI is InChI=1S/C19H25N3O5S/c1-4-27-18(25)15-11-6-5-7-13(11)28-16(15)21-14(23)9-22-17(24)12(8-10(2)3)20-19(22)26/h10,12H,4-9H2,1-3H3,(H,20,26)(H,21,23). The summed E-state index contributed by atoms with van der Waals surface area (Å²) in [4.78, 5) is 51.4. The number of imide groups is 1. The molecule has 0 radical (unpaired) electrons. The molecule has 1 aliphatic carbocycles. The predicted octanol–water partition coefficient (Wildman–Crippen LogP) is 2.32. The monoisotopic (exact) mass is 407 g/mol. The molecular formula is C19H25N3O5S. The van der Waals surface area contributed by atoms with Gasteiger partial charge in [-0.2, -0.15) is 0 Å². The van der Waals surface area contributed by atoms with Gasteiger partial charge in [0.05, 0.1) is 12.2 Å². The first kappa shape index (κ1) is 20.3. The molecule has 1 aliphatic heterocycles. The number of nitrogens with zero attached hydrogens (tertiary/aromatic N) is 1. The molecule has 0 aromatic carbocycles. The molecule has 28 heavy (non-hydrogen) atoms. The summed E-state index contributed by atoms with van der Waals surface area (Å²) in [5, 5.41) is 5.76. The van der Waals surface area contributed by atoms with E-state index in [1.165, 1.54) is 11.3 Å². The number of aryl methyl sites for hydroxylation is 1. The third-order valence-electron chi connectivity index (χ3n) is 4.77. The molecule has 1 atom stereocenters. The second-order valence-electron chi connectivity index (χ2n) is 7.39. The number of ether oxygens (including phenoxy) is 1. The number of amides is 4. The van der Waals surface area contributed by atoms with Crippen molar-refractivity contribution >= 4 is 40.2 Å². The van der Waals surface area contributed by atoms with Gasteiger partial charge >= 0.3 is 12.0 Å². The quantitative estimate of drug-likeness (QED) is 0.533. The van der Waals surface area contributed by atoms with Crippen LogP contribution in [0.25, 0.3) is 0 Å². The van der Waals surface area contributed by atoms with E-state index in [2.05, 4.69) is 10.6 Å². The van der Waals surface area contributed by atoms with Crippen molar-refractivity contribution in [3.63, 3.8) is 0 Å². The zero-order valence-corrected chi connectivity index (χ0v) is 17.1. The Balaban J connectivity index is 1.71.